The summed E-state index contributed by atoms with van der Waals surface area (Å²) < 4.78 is 18.7. The second-order valence-electron chi connectivity index (χ2n) is 3.47. The zero-order valence-corrected chi connectivity index (χ0v) is 9.01. The standard InChI is InChI=1S/C14H10FNO/c15-12-8-4-5-9-13(12)17-14(10-16)11-6-2-1-3-7-11/h1-9,14H/t14-/m0/s1. The van der Waals surface area contributed by atoms with Crippen LogP contribution in [-0.2, 0) is 0 Å². The number of rotatable bonds is 3. The van der Waals surface area contributed by atoms with Gasteiger partial charge in [-0.05, 0) is 12.1 Å². The van der Waals surface area contributed by atoms with Gasteiger partial charge in [-0.15, -0.1) is 0 Å². The Labute approximate surface area is 98.9 Å². The third kappa shape index (κ3) is 2.61. The maximum absolute atomic E-state index is 13.4. The first kappa shape index (κ1) is 11.2. The minimum Gasteiger partial charge on any atom is -0.468 e. The SMILES string of the molecule is N#C[C@H](Oc1ccccc1F)c1ccccc1. The molecule has 0 saturated carbocycles. The largest absolute Gasteiger partial charge is 0.468 e. The second-order valence-corrected chi connectivity index (χ2v) is 3.47. The van der Waals surface area contributed by atoms with E-state index in [1.165, 1.54) is 12.1 Å². The predicted octanol–water partition coefficient (Wildman–Crippen LogP) is 3.47. The van der Waals surface area contributed by atoms with Gasteiger partial charge >= 0.3 is 0 Å². The first-order valence-electron chi connectivity index (χ1n) is 5.17. The van der Waals surface area contributed by atoms with E-state index in [0.717, 1.165) is 0 Å². The summed E-state index contributed by atoms with van der Waals surface area (Å²) in [4.78, 5) is 0. The van der Waals surface area contributed by atoms with Gasteiger partial charge in [-0.3, -0.25) is 0 Å². The summed E-state index contributed by atoms with van der Waals surface area (Å²) in [6.45, 7) is 0. The van der Waals surface area contributed by atoms with E-state index in [4.69, 9.17) is 10.00 Å². The molecule has 0 spiro atoms. The highest BCUT2D eigenvalue weighted by Crippen LogP contribution is 2.23. The second kappa shape index (κ2) is 5.13. The molecule has 3 heteroatoms. The van der Waals surface area contributed by atoms with E-state index in [-0.39, 0.29) is 5.75 Å². The fourth-order valence-electron chi connectivity index (χ4n) is 1.46. The smallest absolute Gasteiger partial charge is 0.209 e. The molecule has 0 fully saturated rings. The predicted molar refractivity (Wildman–Crippen MR) is 61.8 cm³/mol. The molecule has 0 aliphatic rings. The van der Waals surface area contributed by atoms with Gasteiger partial charge in [-0.25, -0.2) is 4.39 Å². The van der Waals surface area contributed by atoms with Crippen LogP contribution in [0, 0.1) is 17.1 Å². The van der Waals surface area contributed by atoms with Crippen molar-refractivity contribution in [1.29, 1.82) is 5.26 Å². The van der Waals surface area contributed by atoms with Gasteiger partial charge in [0.25, 0.3) is 0 Å². The molecule has 2 rings (SSSR count). The molecule has 2 nitrogen and oxygen atoms in total. The number of para-hydroxylation sites is 1. The van der Waals surface area contributed by atoms with Gasteiger partial charge in [-0.1, -0.05) is 42.5 Å². The van der Waals surface area contributed by atoms with E-state index in [9.17, 15) is 4.39 Å². The Morgan fingerprint density at radius 3 is 2.29 bits per heavy atom. The zero-order valence-electron chi connectivity index (χ0n) is 9.01. The Hall–Kier alpha value is -2.34. The molecule has 2 aromatic rings. The molecule has 0 radical (unpaired) electrons. The van der Waals surface area contributed by atoms with Crippen molar-refractivity contribution in [2.45, 2.75) is 6.10 Å². The highest BCUT2D eigenvalue weighted by Gasteiger charge is 2.13. The summed E-state index contributed by atoms with van der Waals surface area (Å²) in [5.74, 6) is -0.383. The number of hydrogen-bond donors (Lipinski definition) is 0. The van der Waals surface area contributed by atoms with Crippen molar-refractivity contribution in [3.8, 4) is 11.8 Å². The Morgan fingerprint density at radius 1 is 1.00 bits per heavy atom. The van der Waals surface area contributed by atoms with Crippen molar-refractivity contribution in [2.75, 3.05) is 0 Å². The number of halogens is 1. The van der Waals surface area contributed by atoms with Gasteiger partial charge < -0.3 is 4.74 Å². The zero-order chi connectivity index (χ0) is 12.1. The van der Waals surface area contributed by atoms with Crippen molar-refractivity contribution in [3.63, 3.8) is 0 Å². The minimum absolute atomic E-state index is 0.0860. The Kier molecular flexibility index (Phi) is 3.37. The molecule has 0 bridgehead atoms. The highest BCUT2D eigenvalue weighted by atomic mass is 19.1. The lowest BCUT2D eigenvalue weighted by atomic mass is 10.1. The summed E-state index contributed by atoms with van der Waals surface area (Å²) >= 11 is 0. The summed E-state index contributed by atoms with van der Waals surface area (Å²) in [6, 6.07) is 17.1. The number of benzene rings is 2. The fraction of sp³-hybridized carbons (Fsp3) is 0.0714. The first-order valence-corrected chi connectivity index (χ1v) is 5.17. The van der Waals surface area contributed by atoms with E-state index in [2.05, 4.69) is 0 Å². The van der Waals surface area contributed by atoms with Crippen LogP contribution in [0.3, 0.4) is 0 Å². The van der Waals surface area contributed by atoms with E-state index >= 15 is 0 Å². The van der Waals surface area contributed by atoms with Crippen molar-refractivity contribution >= 4 is 0 Å². The van der Waals surface area contributed by atoms with Gasteiger partial charge in [-0.2, -0.15) is 5.26 Å². The first-order chi connectivity index (χ1) is 8.31. The van der Waals surface area contributed by atoms with Crippen LogP contribution >= 0.6 is 0 Å². The van der Waals surface area contributed by atoms with Crippen LogP contribution in [-0.4, -0.2) is 0 Å². The molecule has 0 aliphatic carbocycles. The summed E-state index contributed by atoms with van der Waals surface area (Å²) in [5, 5.41) is 9.03. The van der Waals surface area contributed by atoms with E-state index in [1.54, 1.807) is 24.3 Å². The van der Waals surface area contributed by atoms with Crippen LogP contribution in [0.15, 0.2) is 54.6 Å². The normalized spacial score (nSPS) is 11.5. The van der Waals surface area contributed by atoms with Gasteiger partial charge in [0.05, 0.1) is 0 Å². The third-order valence-electron chi connectivity index (χ3n) is 2.30. The number of hydrogen-bond acceptors (Lipinski definition) is 2. The van der Waals surface area contributed by atoms with Crippen LogP contribution in [0.2, 0.25) is 0 Å². The van der Waals surface area contributed by atoms with Crippen LogP contribution in [0.5, 0.6) is 5.75 Å². The Balaban J connectivity index is 2.23. The van der Waals surface area contributed by atoms with Crippen molar-refractivity contribution in [2.24, 2.45) is 0 Å². The van der Waals surface area contributed by atoms with Crippen LogP contribution in [0.1, 0.15) is 11.7 Å². The molecular weight excluding hydrogens is 217 g/mol. The molecule has 0 heterocycles. The highest BCUT2D eigenvalue weighted by molar-refractivity contribution is 5.28. The van der Waals surface area contributed by atoms with Crippen molar-refractivity contribution in [1.82, 2.24) is 0 Å². The summed E-state index contributed by atoms with van der Waals surface area (Å²) in [5.41, 5.74) is 0.707. The number of ether oxygens (including phenoxy) is 1. The van der Waals surface area contributed by atoms with E-state index in [1.807, 2.05) is 24.3 Å². The molecule has 0 N–H and O–H groups in total. The molecular formula is C14H10FNO. The number of nitrogens with zero attached hydrogens (tertiary/aromatic N) is 1. The van der Waals surface area contributed by atoms with Crippen LogP contribution < -0.4 is 4.74 Å². The minimum atomic E-state index is -0.798. The van der Waals surface area contributed by atoms with Crippen molar-refractivity contribution in [3.05, 3.63) is 66.0 Å². The lowest BCUT2D eigenvalue weighted by Crippen LogP contribution is -2.05. The molecule has 17 heavy (non-hydrogen) atoms. The lowest BCUT2D eigenvalue weighted by Gasteiger charge is -2.12. The monoisotopic (exact) mass is 227 g/mol. The summed E-state index contributed by atoms with van der Waals surface area (Å²) in [7, 11) is 0. The van der Waals surface area contributed by atoms with Gasteiger partial charge in [0.1, 0.15) is 6.07 Å². The molecule has 1 atom stereocenters. The molecule has 2 aromatic carbocycles. The van der Waals surface area contributed by atoms with E-state index in [0.29, 0.717) is 5.56 Å². The lowest BCUT2D eigenvalue weighted by molar-refractivity contribution is 0.250. The Morgan fingerprint density at radius 2 is 1.65 bits per heavy atom. The summed E-state index contributed by atoms with van der Waals surface area (Å²) in [6.07, 6.45) is -0.798. The molecule has 0 amide bonds. The maximum Gasteiger partial charge on any atom is 0.209 e. The molecule has 0 unspecified atom stereocenters. The Bertz CT molecular complexity index is 533. The van der Waals surface area contributed by atoms with E-state index < -0.39 is 11.9 Å². The van der Waals surface area contributed by atoms with Crippen molar-refractivity contribution < 1.29 is 9.13 Å². The fourth-order valence-corrected chi connectivity index (χ4v) is 1.46. The van der Waals surface area contributed by atoms with Gasteiger partial charge in [0, 0.05) is 5.56 Å². The maximum atomic E-state index is 13.4. The van der Waals surface area contributed by atoms with Gasteiger partial charge in [0.15, 0.2) is 11.6 Å². The number of nitriles is 1. The molecule has 84 valence electrons. The topological polar surface area (TPSA) is 33.0 Å². The van der Waals surface area contributed by atoms with Gasteiger partial charge in [0.2, 0.25) is 6.10 Å². The molecule has 0 aliphatic heterocycles. The van der Waals surface area contributed by atoms with Crippen LogP contribution in [0.4, 0.5) is 4.39 Å². The third-order valence-corrected chi connectivity index (χ3v) is 2.30. The molecule has 0 aromatic heterocycles. The average Bonchev–Trinajstić information content (AvgIpc) is 2.39. The van der Waals surface area contributed by atoms with Crippen LogP contribution in [0.25, 0.3) is 0 Å². The average molecular weight is 227 g/mol. The quantitative estimate of drug-likeness (QED) is 0.804. The molecule has 0 saturated heterocycles.